The summed E-state index contributed by atoms with van der Waals surface area (Å²) in [6.45, 7) is 2.59. The second kappa shape index (κ2) is 5.01. The molecule has 1 saturated carbocycles. The molecule has 1 aliphatic carbocycles. The third-order valence-electron chi connectivity index (χ3n) is 2.20. The van der Waals surface area contributed by atoms with Crippen LogP contribution in [0.25, 0.3) is 0 Å². The Hall–Kier alpha value is -0.730. The van der Waals surface area contributed by atoms with Gasteiger partial charge in [-0.15, -0.1) is 0 Å². The summed E-state index contributed by atoms with van der Waals surface area (Å²) in [5.74, 6) is 0. The van der Waals surface area contributed by atoms with Crippen LogP contribution in [0.2, 0.25) is 0 Å². The zero-order chi connectivity index (χ0) is 8.81. The third kappa shape index (κ3) is 3.11. The van der Waals surface area contributed by atoms with Gasteiger partial charge in [0, 0.05) is 6.54 Å². The minimum atomic E-state index is -0.135. The molecule has 0 unspecified atom stereocenters. The Morgan fingerprint density at radius 3 is 2.67 bits per heavy atom. The molecule has 69 valence electrons. The average Bonchev–Trinajstić information content (AvgIpc) is 2.06. The topological polar surface area (TPSA) is 43.2 Å². The first-order valence-electron chi connectivity index (χ1n) is 4.81. The predicted molar refractivity (Wildman–Crippen MR) is 48.1 cm³/mol. The van der Waals surface area contributed by atoms with Gasteiger partial charge in [-0.05, 0) is 19.8 Å². The summed E-state index contributed by atoms with van der Waals surface area (Å²) in [6, 6.07) is 0.162. The fourth-order valence-electron chi connectivity index (χ4n) is 1.57. The molecule has 0 spiro atoms. The van der Waals surface area contributed by atoms with E-state index in [9.17, 15) is 4.79 Å². The molecule has 0 bridgehead atoms. The lowest BCUT2D eigenvalue weighted by atomic mass is 9.96. The zero-order valence-corrected chi connectivity index (χ0v) is 7.68. The van der Waals surface area contributed by atoms with Crippen molar-refractivity contribution >= 4 is 6.03 Å². The molecule has 1 aliphatic rings. The highest BCUT2D eigenvalue weighted by atomic mass is 16.2. The predicted octanol–water partition coefficient (Wildman–Crippen LogP) is 1.65. The minimum absolute atomic E-state index is 0.135. The van der Waals surface area contributed by atoms with E-state index in [1.54, 1.807) is 0 Å². The molecule has 0 aromatic heterocycles. The number of carbonyl (C=O) groups excluding carboxylic acids is 1. The summed E-state index contributed by atoms with van der Waals surface area (Å²) in [6.07, 6.45) is 5.96. The van der Waals surface area contributed by atoms with Gasteiger partial charge in [-0.3, -0.25) is 0 Å². The second-order valence-corrected chi connectivity index (χ2v) is 3.26. The fraction of sp³-hybridized carbons (Fsp3) is 0.889. The van der Waals surface area contributed by atoms with Gasteiger partial charge in [0.1, 0.15) is 0 Å². The van der Waals surface area contributed by atoms with Crippen molar-refractivity contribution in [1.82, 2.24) is 10.6 Å². The van der Waals surface area contributed by atoms with Crippen molar-refractivity contribution in [2.75, 3.05) is 6.54 Å². The molecular weight excluding hydrogens is 152 g/mol. The zero-order valence-electron chi connectivity index (χ0n) is 7.68. The van der Waals surface area contributed by atoms with Gasteiger partial charge >= 0.3 is 6.03 Å². The Kier molecular flexibility index (Phi) is 3.91. The summed E-state index contributed by atoms with van der Waals surface area (Å²) < 4.78 is 0. The number of nitrogens with one attached hydrogen (secondary N) is 1. The molecule has 2 amide bonds. The van der Waals surface area contributed by atoms with Gasteiger partial charge in [-0.1, -0.05) is 19.3 Å². The van der Waals surface area contributed by atoms with Crippen LogP contribution in [0.1, 0.15) is 39.0 Å². The summed E-state index contributed by atoms with van der Waals surface area (Å²) in [7, 11) is 0. The lowest BCUT2D eigenvalue weighted by Gasteiger charge is -2.20. The van der Waals surface area contributed by atoms with Crippen LogP contribution in [0.4, 0.5) is 4.79 Å². The number of urea groups is 1. The highest BCUT2D eigenvalue weighted by Gasteiger charge is 2.16. The molecule has 1 radical (unpaired) electrons. The molecule has 1 rings (SSSR count). The van der Waals surface area contributed by atoms with Crippen molar-refractivity contribution in [2.24, 2.45) is 0 Å². The lowest BCUT2D eigenvalue weighted by molar-refractivity contribution is 0.232. The molecule has 1 fully saturated rings. The standard InChI is InChI=1S/C9H17N2O/c1-2-10-9(12)11-8-6-4-3-5-7-8/h8H,2-7H2,1H3,(H,10,12). The highest BCUT2D eigenvalue weighted by Crippen LogP contribution is 2.17. The van der Waals surface area contributed by atoms with Crippen molar-refractivity contribution < 1.29 is 4.79 Å². The Morgan fingerprint density at radius 2 is 2.08 bits per heavy atom. The summed E-state index contributed by atoms with van der Waals surface area (Å²) >= 11 is 0. The Balaban J connectivity index is 2.15. The maximum atomic E-state index is 11.0. The monoisotopic (exact) mass is 169 g/mol. The van der Waals surface area contributed by atoms with E-state index in [1.807, 2.05) is 6.92 Å². The number of nitrogens with zero attached hydrogens (tertiary/aromatic N) is 1. The molecule has 0 aromatic rings. The van der Waals surface area contributed by atoms with E-state index >= 15 is 0 Å². The van der Waals surface area contributed by atoms with Crippen LogP contribution >= 0.6 is 0 Å². The first-order chi connectivity index (χ1) is 5.83. The van der Waals surface area contributed by atoms with Crippen molar-refractivity contribution in [2.45, 2.75) is 45.1 Å². The minimum Gasteiger partial charge on any atom is -0.337 e. The molecule has 3 heteroatoms. The number of hydrogen-bond acceptors (Lipinski definition) is 1. The van der Waals surface area contributed by atoms with Gasteiger partial charge in [-0.25, -0.2) is 10.1 Å². The van der Waals surface area contributed by atoms with Gasteiger partial charge in [0.15, 0.2) is 0 Å². The second-order valence-electron chi connectivity index (χ2n) is 3.26. The Morgan fingerprint density at radius 1 is 1.42 bits per heavy atom. The van der Waals surface area contributed by atoms with Crippen LogP contribution in [0.5, 0.6) is 0 Å². The van der Waals surface area contributed by atoms with Crippen LogP contribution in [0, 0.1) is 0 Å². The van der Waals surface area contributed by atoms with Crippen LogP contribution in [-0.4, -0.2) is 18.6 Å². The lowest BCUT2D eigenvalue weighted by Crippen LogP contribution is -2.37. The maximum Gasteiger partial charge on any atom is 0.336 e. The molecule has 1 N–H and O–H groups in total. The summed E-state index contributed by atoms with van der Waals surface area (Å²) in [5, 5.41) is 6.76. The van der Waals surface area contributed by atoms with Crippen LogP contribution in [0.15, 0.2) is 0 Å². The van der Waals surface area contributed by atoms with Gasteiger partial charge in [0.25, 0.3) is 0 Å². The Bertz CT molecular complexity index is 141. The van der Waals surface area contributed by atoms with E-state index in [4.69, 9.17) is 0 Å². The van der Waals surface area contributed by atoms with E-state index in [2.05, 4.69) is 10.6 Å². The molecule has 0 saturated heterocycles. The highest BCUT2D eigenvalue weighted by molar-refractivity contribution is 5.73. The van der Waals surface area contributed by atoms with Gasteiger partial charge in [0.2, 0.25) is 0 Å². The average molecular weight is 169 g/mol. The van der Waals surface area contributed by atoms with Crippen molar-refractivity contribution in [3.63, 3.8) is 0 Å². The van der Waals surface area contributed by atoms with E-state index < -0.39 is 0 Å². The van der Waals surface area contributed by atoms with Crippen LogP contribution < -0.4 is 10.6 Å². The smallest absolute Gasteiger partial charge is 0.336 e. The van der Waals surface area contributed by atoms with Crippen LogP contribution in [-0.2, 0) is 0 Å². The van der Waals surface area contributed by atoms with Crippen molar-refractivity contribution in [3.8, 4) is 0 Å². The molecule has 0 aromatic carbocycles. The van der Waals surface area contributed by atoms with E-state index in [0.29, 0.717) is 12.6 Å². The normalized spacial score (nSPS) is 18.8. The largest absolute Gasteiger partial charge is 0.337 e. The molecule has 3 nitrogen and oxygen atoms in total. The quantitative estimate of drug-likeness (QED) is 0.671. The Labute approximate surface area is 73.9 Å². The fourth-order valence-corrected chi connectivity index (χ4v) is 1.57. The number of amides is 2. The molecular formula is C9H17N2O. The van der Waals surface area contributed by atoms with Crippen LogP contribution in [0.3, 0.4) is 0 Å². The third-order valence-corrected chi connectivity index (χ3v) is 2.20. The van der Waals surface area contributed by atoms with E-state index in [0.717, 1.165) is 12.8 Å². The first-order valence-corrected chi connectivity index (χ1v) is 4.81. The first kappa shape index (κ1) is 9.36. The van der Waals surface area contributed by atoms with Crippen molar-refractivity contribution in [1.29, 1.82) is 0 Å². The number of rotatable bonds is 2. The summed E-state index contributed by atoms with van der Waals surface area (Å²) in [4.78, 5) is 11.0. The number of hydrogen-bond donors (Lipinski definition) is 1. The summed E-state index contributed by atoms with van der Waals surface area (Å²) in [5.41, 5.74) is 0. The van der Waals surface area contributed by atoms with E-state index in [1.165, 1.54) is 19.3 Å². The van der Waals surface area contributed by atoms with Crippen molar-refractivity contribution in [3.05, 3.63) is 0 Å². The van der Waals surface area contributed by atoms with E-state index in [-0.39, 0.29) is 6.03 Å². The molecule has 12 heavy (non-hydrogen) atoms. The SMILES string of the molecule is CCNC(=O)[N]C1CCCCC1. The van der Waals surface area contributed by atoms with Gasteiger partial charge < -0.3 is 5.32 Å². The maximum absolute atomic E-state index is 11.0. The molecule has 0 aliphatic heterocycles. The molecule has 0 heterocycles. The molecule has 0 atom stereocenters. The van der Waals surface area contributed by atoms with Gasteiger partial charge in [0.05, 0.1) is 6.04 Å². The number of carbonyl (C=O) groups is 1. The van der Waals surface area contributed by atoms with Gasteiger partial charge in [-0.2, -0.15) is 0 Å².